The zero-order valence-electron chi connectivity index (χ0n) is 22.0. The number of aryl methyl sites for hydroxylation is 1. The summed E-state index contributed by atoms with van der Waals surface area (Å²) in [6, 6.07) is 18.4. The Labute approximate surface area is 227 Å². The number of amides is 1. The zero-order valence-corrected chi connectivity index (χ0v) is 22.8. The fraction of sp³-hybridized carbons (Fsp3) is 0.452. The monoisotopic (exact) mass is 530 g/mol. The predicted octanol–water partition coefficient (Wildman–Crippen LogP) is 7.89. The largest absolute Gasteiger partial charge is 0.481 e. The number of carboxylic acids is 1. The van der Waals surface area contributed by atoms with E-state index in [-0.39, 0.29) is 16.9 Å². The molecule has 7 rings (SSSR count). The first kappa shape index (κ1) is 25.1. The molecule has 4 aliphatic carbocycles. The Morgan fingerprint density at radius 2 is 1.58 bits per heavy atom. The van der Waals surface area contributed by atoms with E-state index < -0.39 is 17.5 Å². The molecule has 7 heteroatoms. The van der Waals surface area contributed by atoms with Gasteiger partial charge >= 0.3 is 12.1 Å². The quantitative estimate of drug-likeness (QED) is 0.324. The van der Waals surface area contributed by atoms with Crippen LogP contribution in [0, 0.1) is 17.8 Å². The van der Waals surface area contributed by atoms with Gasteiger partial charge in [0.2, 0.25) is 0 Å². The average molecular weight is 531 g/mol. The van der Waals surface area contributed by atoms with Crippen molar-refractivity contribution in [1.82, 2.24) is 4.37 Å². The Balaban J connectivity index is 1.16. The first-order chi connectivity index (χ1) is 18.3. The van der Waals surface area contributed by atoms with Gasteiger partial charge in [0.25, 0.3) is 0 Å². The Morgan fingerprint density at radius 3 is 2.16 bits per heavy atom. The maximum absolute atomic E-state index is 12.7. The maximum Gasteiger partial charge on any atom is 0.412 e. The van der Waals surface area contributed by atoms with Crippen LogP contribution in [0.1, 0.15) is 81.2 Å². The SMILES string of the molecule is Cc1nsc(-c2ccc(C34CCC(C5(C(=O)O)CC5)(CC3)CC4)cc2)c1NC(=O)OC(C)c1ccccc1. The van der Waals surface area contributed by atoms with Crippen molar-refractivity contribution < 1.29 is 19.4 Å². The number of nitrogens with one attached hydrogen (secondary N) is 1. The highest BCUT2D eigenvalue weighted by atomic mass is 32.1. The number of aliphatic carboxylic acids is 1. The number of hydrogen-bond donors (Lipinski definition) is 2. The van der Waals surface area contributed by atoms with Gasteiger partial charge in [-0.25, -0.2) is 4.79 Å². The van der Waals surface area contributed by atoms with Crippen molar-refractivity contribution in [3.05, 3.63) is 71.4 Å². The lowest BCUT2D eigenvalue weighted by atomic mass is 9.47. The van der Waals surface area contributed by atoms with E-state index in [2.05, 4.69) is 34.0 Å². The van der Waals surface area contributed by atoms with Gasteiger partial charge < -0.3 is 9.84 Å². The molecule has 0 spiro atoms. The molecular formula is C31H34N2O4S. The number of rotatable bonds is 7. The summed E-state index contributed by atoms with van der Waals surface area (Å²) in [7, 11) is 0. The van der Waals surface area contributed by atoms with Crippen LogP contribution in [0.3, 0.4) is 0 Å². The molecule has 4 saturated carbocycles. The molecule has 4 fully saturated rings. The highest BCUT2D eigenvalue weighted by Crippen LogP contribution is 2.71. The van der Waals surface area contributed by atoms with E-state index >= 15 is 0 Å². The summed E-state index contributed by atoms with van der Waals surface area (Å²) < 4.78 is 10.1. The molecule has 198 valence electrons. The lowest BCUT2D eigenvalue weighted by Crippen LogP contribution is -2.50. The Bertz CT molecular complexity index is 1340. The van der Waals surface area contributed by atoms with Crippen LogP contribution in [-0.2, 0) is 14.9 Å². The number of anilines is 1. The molecule has 2 bridgehead atoms. The van der Waals surface area contributed by atoms with E-state index in [9.17, 15) is 14.7 Å². The van der Waals surface area contributed by atoms with E-state index in [4.69, 9.17) is 4.74 Å². The van der Waals surface area contributed by atoms with Crippen LogP contribution < -0.4 is 5.32 Å². The van der Waals surface area contributed by atoms with Crippen molar-refractivity contribution in [2.45, 2.75) is 76.7 Å². The second kappa shape index (κ2) is 9.23. The molecule has 38 heavy (non-hydrogen) atoms. The van der Waals surface area contributed by atoms with Crippen LogP contribution in [0.5, 0.6) is 0 Å². The molecule has 0 radical (unpaired) electrons. The Kier molecular flexibility index (Phi) is 6.10. The fourth-order valence-electron chi connectivity index (χ4n) is 7.21. The molecule has 1 aromatic heterocycles. The smallest absolute Gasteiger partial charge is 0.412 e. The number of aromatic nitrogens is 1. The third-order valence-corrected chi connectivity index (χ3v) is 10.8. The third kappa shape index (κ3) is 4.03. The van der Waals surface area contributed by atoms with Gasteiger partial charge in [0.1, 0.15) is 6.10 Å². The van der Waals surface area contributed by atoms with E-state index in [0.717, 1.165) is 73.1 Å². The minimum Gasteiger partial charge on any atom is -0.481 e. The molecule has 1 unspecified atom stereocenters. The van der Waals surface area contributed by atoms with Crippen molar-refractivity contribution >= 4 is 29.3 Å². The summed E-state index contributed by atoms with van der Waals surface area (Å²) in [6.45, 7) is 3.75. The maximum atomic E-state index is 12.7. The number of carboxylic acid groups (broad SMARTS) is 1. The fourth-order valence-corrected chi connectivity index (χ4v) is 8.06. The van der Waals surface area contributed by atoms with E-state index in [1.54, 1.807) is 0 Å². The number of nitrogens with zero attached hydrogens (tertiary/aromatic N) is 1. The van der Waals surface area contributed by atoms with Crippen LogP contribution in [-0.4, -0.2) is 21.5 Å². The van der Waals surface area contributed by atoms with Crippen molar-refractivity contribution in [2.75, 3.05) is 5.32 Å². The van der Waals surface area contributed by atoms with Gasteiger partial charge in [-0.05, 0) is 104 Å². The molecule has 1 atom stereocenters. The second-order valence-corrected chi connectivity index (χ2v) is 12.4. The van der Waals surface area contributed by atoms with Gasteiger partial charge in [-0.2, -0.15) is 4.37 Å². The van der Waals surface area contributed by atoms with Gasteiger partial charge in [0.15, 0.2) is 0 Å². The van der Waals surface area contributed by atoms with E-state index in [0.29, 0.717) is 5.69 Å². The van der Waals surface area contributed by atoms with Crippen LogP contribution in [0.2, 0.25) is 0 Å². The van der Waals surface area contributed by atoms with Crippen LogP contribution in [0.4, 0.5) is 10.5 Å². The molecule has 1 heterocycles. The normalized spacial score (nSPS) is 25.9. The molecule has 4 aliphatic rings. The first-order valence-electron chi connectivity index (χ1n) is 13.6. The second-order valence-electron chi connectivity index (χ2n) is 11.6. The van der Waals surface area contributed by atoms with E-state index in [1.165, 1.54) is 17.1 Å². The van der Waals surface area contributed by atoms with Crippen LogP contribution in [0.15, 0.2) is 54.6 Å². The highest BCUT2D eigenvalue weighted by Gasteiger charge is 2.67. The van der Waals surface area contributed by atoms with Gasteiger partial charge in [-0.15, -0.1) is 0 Å². The van der Waals surface area contributed by atoms with Gasteiger partial charge in [0, 0.05) is 0 Å². The van der Waals surface area contributed by atoms with Crippen molar-refractivity contribution in [3.63, 3.8) is 0 Å². The lowest BCUT2D eigenvalue weighted by molar-refractivity contribution is -0.154. The predicted molar refractivity (Wildman–Crippen MR) is 148 cm³/mol. The van der Waals surface area contributed by atoms with Crippen molar-refractivity contribution in [1.29, 1.82) is 0 Å². The summed E-state index contributed by atoms with van der Waals surface area (Å²) >= 11 is 1.38. The summed E-state index contributed by atoms with van der Waals surface area (Å²) in [5.74, 6) is -0.570. The molecule has 6 nitrogen and oxygen atoms in total. The number of carbonyl (C=O) groups excluding carboxylic acids is 1. The summed E-state index contributed by atoms with van der Waals surface area (Å²) in [6.07, 6.45) is 7.12. The number of benzene rings is 2. The van der Waals surface area contributed by atoms with Gasteiger partial charge in [0.05, 0.1) is 21.7 Å². The molecule has 0 aliphatic heterocycles. The number of fused-ring (bicyclic) bond motifs is 3. The Morgan fingerprint density at radius 1 is 0.947 bits per heavy atom. The first-order valence-corrected chi connectivity index (χ1v) is 14.4. The third-order valence-electron chi connectivity index (χ3n) is 9.82. The summed E-state index contributed by atoms with van der Waals surface area (Å²) in [4.78, 5) is 25.7. The molecule has 1 amide bonds. The lowest BCUT2D eigenvalue weighted by Gasteiger charge is -2.56. The topological polar surface area (TPSA) is 88.5 Å². The van der Waals surface area contributed by atoms with Gasteiger partial charge in [-0.3, -0.25) is 10.1 Å². The molecule has 0 saturated heterocycles. The average Bonchev–Trinajstić information content (AvgIpc) is 3.71. The number of carbonyl (C=O) groups is 2. The standard InChI is InChI=1S/C31H34N2O4S/c1-20-25(32-28(36)37-21(2)22-6-4-3-5-7-22)26(38-33-20)23-8-10-24(11-9-23)29-12-15-30(16-13-29,17-14-29)31(18-19-31)27(34)35/h3-11,21H,12-19H2,1-2H3,(H,32,36)(H,34,35). The molecule has 3 aromatic rings. The molecule has 2 N–H and O–H groups in total. The summed E-state index contributed by atoms with van der Waals surface area (Å²) in [5.41, 5.74) is 4.47. The highest BCUT2D eigenvalue weighted by molar-refractivity contribution is 7.10. The van der Waals surface area contributed by atoms with Gasteiger partial charge in [-0.1, -0.05) is 54.6 Å². The van der Waals surface area contributed by atoms with E-state index in [1.807, 2.05) is 44.2 Å². The molecular weight excluding hydrogens is 496 g/mol. The number of ether oxygens (including phenoxy) is 1. The summed E-state index contributed by atoms with van der Waals surface area (Å²) in [5, 5.41) is 12.9. The van der Waals surface area contributed by atoms with Crippen molar-refractivity contribution in [2.24, 2.45) is 10.8 Å². The minimum atomic E-state index is -0.570. The minimum absolute atomic E-state index is 0.00781. The van der Waals surface area contributed by atoms with Crippen LogP contribution in [0.25, 0.3) is 10.4 Å². The zero-order chi connectivity index (χ0) is 26.5. The van der Waals surface area contributed by atoms with Crippen molar-refractivity contribution in [3.8, 4) is 10.4 Å². The Hall–Kier alpha value is -3.19. The van der Waals surface area contributed by atoms with Crippen LogP contribution >= 0.6 is 11.5 Å². The molecule has 2 aromatic carbocycles. The number of hydrogen-bond acceptors (Lipinski definition) is 5.